The minimum Gasteiger partial charge on any atom is -0.496 e. The molecule has 1 saturated heterocycles. The van der Waals surface area contributed by atoms with Gasteiger partial charge in [-0.15, -0.1) is 0 Å². The maximum Gasteiger partial charge on any atom is 0.130 e. The first-order valence-electron chi connectivity index (χ1n) is 7.21. The van der Waals surface area contributed by atoms with E-state index in [0.717, 1.165) is 42.3 Å². The van der Waals surface area contributed by atoms with Gasteiger partial charge in [0, 0.05) is 24.7 Å². The molecule has 3 unspecified atom stereocenters. The van der Waals surface area contributed by atoms with Crippen molar-refractivity contribution in [3.8, 4) is 17.2 Å². The van der Waals surface area contributed by atoms with Gasteiger partial charge in [-0.05, 0) is 12.8 Å². The Morgan fingerprint density at radius 3 is 2.29 bits per heavy atom. The standard InChI is InChI=1S/C16H23BrO4/c1-5-12-11(6-7-21-12)16(17)15-13(19-3)8-10(18-2)9-14(15)20-4/h8-9,11-12,16H,5-7H2,1-4H3. The number of benzene rings is 1. The number of hydrogen-bond acceptors (Lipinski definition) is 4. The molecule has 3 atom stereocenters. The summed E-state index contributed by atoms with van der Waals surface area (Å²) in [6, 6.07) is 3.78. The van der Waals surface area contributed by atoms with Crippen LogP contribution in [0.25, 0.3) is 0 Å². The van der Waals surface area contributed by atoms with Gasteiger partial charge in [-0.3, -0.25) is 0 Å². The first kappa shape index (κ1) is 16.4. The van der Waals surface area contributed by atoms with Crippen LogP contribution in [-0.2, 0) is 4.74 Å². The summed E-state index contributed by atoms with van der Waals surface area (Å²) in [5, 5.41) is 0. The van der Waals surface area contributed by atoms with Crippen molar-refractivity contribution in [3.05, 3.63) is 17.7 Å². The Kier molecular flexibility index (Phi) is 5.76. The maximum atomic E-state index is 5.81. The predicted octanol–water partition coefficient (Wildman–Crippen LogP) is 3.96. The van der Waals surface area contributed by atoms with Crippen molar-refractivity contribution in [2.75, 3.05) is 27.9 Å². The molecule has 5 heteroatoms. The van der Waals surface area contributed by atoms with E-state index in [1.165, 1.54) is 0 Å². The summed E-state index contributed by atoms with van der Waals surface area (Å²) in [7, 11) is 4.97. The lowest BCUT2D eigenvalue weighted by atomic mass is 9.90. The van der Waals surface area contributed by atoms with Gasteiger partial charge in [0.15, 0.2) is 0 Å². The molecule has 0 bridgehead atoms. The van der Waals surface area contributed by atoms with Crippen LogP contribution in [0.5, 0.6) is 17.2 Å². The van der Waals surface area contributed by atoms with Gasteiger partial charge < -0.3 is 18.9 Å². The molecular formula is C16H23BrO4. The number of alkyl halides is 1. The average Bonchev–Trinajstić information content (AvgIpc) is 3.01. The smallest absolute Gasteiger partial charge is 0.130 e. The molecule has 2 rings (SSSR count). The van der Waals surface area contributed by atoms with Gasteiger partial charge in [-0.25, -0.2) is 0 Å². The molecule has 0 aliphatic carbocycles. The van der Waals surface area contributed by atoms with Gasteiger partial charge in [0.2, 0.25) is 0 Å². The molecule has 1 aromatic rings. The summed E-state index contributed by atoms with van der Waals surface area (Å²) in [6.07, 6.45) is 2.31. The highest BCUT2D eigenvalue weighted by atomic mass is 79.9. The zero-order chi connectivity index (χ0) is 15.4. The molecule has 21 heavy (non-hydrogen) atoms. The maximum absolute atomic E-state index is 5.81. The summed E-state index contributed by atoms with van der Waals surface area (Å²) in [4.78, 5) is 0.126. The van der Waals surface area contributed by atoms with E-state index >= 15 is 0 Å². The largest absolute Gasteiger partial charge is 0.496 e. The first-order valence-corrected chi connectivity index (χ1v) is 8.13. The van der Waals surface area contributed by atoms with E-state index in [2.05, 4.69) is 22.9 Å². The molecule has 1 heterocycles. The molecule has 0 amide bonds. The highest BCUT2D eigenvalue weighted by molar-refractivity contribution is 9.09. The third-order valence-corrected chi connectivity index (χ3v) is 5.20. The second kappa shape index (κ2) is 7.36. The van der Waals surface area contributed by atoms with Crippen molar-refractivity contribution in [2.45, 2.75) is 30.7 Å². The Morgan fingerprint density at radius 2 is 1.81 bits per heavy atom. The molecule has 1 aliphatic heterocycles. The molecule has 0 aromatic heterocycles. The Bertz CT molecular complexity index is 452. The normalized spacial score (nSPS) is 22.9. The van der Waals surface area contributed by atoms with Gasteiger partial charge in [0.25, 0.3) is 0 Å². The van der Waals surface area contributed by atoms with Crippen molar-refractivity contribution in [3.63, 3.8) is 0 Å². The van der Waals surface area contributed by atoms with E-state index < -0.39 is 0 Å². The van der Waals surface area contributed by atoms with Crippen molar-refractivity contribution in [1.29, 1.82) is 0 Å². The summed E-state index contributed by atoms with van der Waals surface area (Å²) in [6.45, 7) is 2.97. The zero-order valence-electron chi connectivity index (χ0n) is 13.0. The molecule has 1 fully saturated rings. The van der Waals surface area contributed by atoms with Crippen LogP contribution in [-0.4, -0.2) is 34.0 Å². The van der Waals surface area contributed by atoms with Crippen LogP contribution >= 0.6 is 15.9 Å². The van der Waals surface area contributed by atoms with Crippen molar-refractivity contribution < 1.29 is 18.9 Å². The van der Waals surface area contributed by atoms with Crippen LogP contribution < -0.4 is 14.2 Å². The Morgan fingerprint density at radius 1 is 1.19 bits per heavy atom. The van der Waals surface area contributed by atoms with Crippen molar-refractivity contribution in [2.24, 2.45) is 5.92 Å². The number of halogens is 1. The molecule has 118 valence electrons. The van der Waals surface area contributed by atoms with Crippen molar-refractivity contribution in [1.82, 2.24) is 0 Å². The highest BCUT2D eigenvalue weighted by Crippen LogP contribution is 2.48. The molecule has 1 aliphatic rings. The molecule has 4 nitrogen and oxygen atoms in total. The quantitative estimate of drug-likeness (QED) is 0.721. The van der Waals surface area contributed by atoms with E-state index in [0.29, 0.717) is 5.92 Å². The second-order valence-corrected chi connectivity index (χ2v) is 6.10. The topological polar surface area (TPSA) is 36.9 Å². The van der Waals surface area contributed by atoms with Crippen LogP contribution in [0.15, 0.2) is 12.1 Å². The first-order chi connectivity index (χ1) is 10.2. The lowest BCUT2D eigenvalue weighted by Gasteiger charge is -2.26. The number of hydrogen-bond donors (Lipinski definition) is 0. The van der Waals surface area contributed by atoms with E-state index in [4.69, 9.17) is 18.9 Å². The monoisotopic (exact) mass is 358 g/mol. The van der Waals surface area contributed by atoms with E-state index in [9.17, 15) is 0 Å². The van der Waals surface area contributed by atoms with Gasteiger partial charge in [-0.1, -0.05) is 22.9 Å². The fourth-order valence-electron chi connectivity index (χ4n) is 2.94. The summed E-state index contributed by atoms with van der Waals surface area (Å²) in [5.74, 6) is 2.68. The molecular weight excluding hydrogens is 336 g/mol. The average molecular weight is 359 g/mol. The van der Waals surface area contributed by atoms with E-state index in [1.54, 1.807) is 21.3 Å². The molecule has 0 saturated carbocycles. The lowest BCUT2D eigenvalue weighted by Crippen LogP contribution is -2.19. The lowest BCUT2D eigenvalue weighted by molar-refractivity contribution is 0.0870. The Labute approximate surface area is 134 Å². The van der Waals surface area contributed by atoms with Gasteiger partial charge in [0.1, 0.15) is 17.2 Å². The Hall–Kier alpha value is -0.940. The number of rotatable bonds is 6. The summed E-state index contributed by atoms with van der Waals surface area (Å²) in [5.41, 5.74) is 1.02. The van der Waals surface area contributed by atoms with Gasteiger partial charge in [0.05, 0.1) is 37.8 Å². The van der Waals surface area contributed by atoms with Crippen LogP contribution in [0.2, 0.25) is 0 Å². The van der Waals surface area contributed by atoms with Crippen LogP contribution in [0.3, 0.4) is 0 Å². The van der Waals surface area contributed by atoms with E-state index in [-0.39, 0.29) is 10.9 Å². The van der Waals surface area contributed by atoms with Crippen LogP contribution in [0.4, 0.5) is 0 Å². The van der Waals surface area contributed by atoms with Crippen molar-refractivity contribution >= 4 is 15.9 Å². The molecule has 0 radical (unpaired) electrons. The summed E-state index contributed by atoms with van der Waals surface area (Å²) >= 11 is 3.84. The van der Waals surface area contributed by atoms with Gasteiger partial charge in [-0.2, -0.15) is 0 Å². The van der Waals surface area contributed by atoms with Crippen LogP contribution in [0, 0.1) is 5.92 Å². The molecule has 1 aromatic carbocycles. The summed E-state index contributed by atoms with van der Waals surface area (Å²) < 4.78 is 22.2. The number of methoxy groups -OCH3 is 3. The predicted molar refractivity (Wildman–Crippen MR) is 85.9 cm³/mol. The number of ether oxygens (including phenoxy) is 4. The third kappa shape index (κ3) is 3.29. The third-order valence-electron chi connectivity index (χ3n) is 4.07. The van der Waals surface area contributed by atoms with Gasteiger partial charge >= 0.3 is 0 Å². The fraction of sp³-hybridized carbons (Fsp3) is 0.625. The molecule has 0 spiro atoms. The highest BCUT2D eigenvalue weighted by Gasteiger charge is 2.36. The minimum atomic E-state index is 0.126. The van der Waals surface area contributed by atoms with Crippen LogP contribution in [0.1, 0.15) is 30.2 Å². The zero-order valence-corrected chi connectivity index (χ0v) is 14.6. The Balaban J connectivity index is 2.41. The second-order valence-electron chi connectivity index (χ2n) is 5.12. The minimum absolute atomic E-state index is 0.126. The SMILES string of the molecule is CCC1OCCC1C(Br)c1c(OC)cc(OC)cc1OC. The fourth-order valence-corrected chi connectivity index (χ4v) is 3.99. The molecule has 0 N–H and O–H groups in total. The van der Waals surface area contributed by atoms with E-state index in [1.807, 2.05) is 12.1 Å².